The van der Waals surface area contributed by atoms with Crippen LogP contribution < -0.4 is 0 Å². The molecule has 0 bridgehead atoms. The molecule has 0 aromatic rings. The molecule has 0 saturated carbocycles. The number of hydrogen-bond donors (Lipinski definition) is 0. The van der Waals surface area contributed by atoms with E-state index in [2.05, 4.69) is 8.37 Å². The highest BCUT2D eigenvalue weighted by molar-refractivity contribution is 7.88. The Labute approximate surface area is 202 Å². The van der Waals surface area contributed by atoms with E-state index in [1.807, 2.05) is 0 Å². The zero-order chi connectivity index (χ0) is 26.5. The van der Waals surface area contributed by atoms with Gasteiger partial charge in [0, 0.05) is 23.7 Å². The van der Waals surface area contributed by atoms with Gasteiger partial charge in [-0.05, 0) is 23.3 Å². The summed E-state index contributed by atoms with van der Waals surface area (Å²) in [5, 5.41) is 0. The van der Waals surface area contributed by atoms with E-state index in [0.717, 1.165) is 12.2 Å². The molecule has 0 aromatic carbocycles. The smallest absolute Gasteiger partial charge is 0.380 e. The third-order valence-electron chi connectivity index (χ3n) is 5.88. The summed E-state index contributed by atoms with van der Waals surface area (Å²) in [6.07, 6.45) is 17.0. The van der Waals surface area contributed by atoms with Gasteiger partial charge in [-0.25, -0.2) is 0 Å². The van der Waals surface area contributed by atoms with E-state index in [-0.39, 0.29) is 0 Å². The lowest BCUT2D eigenvalue weighted by Gasteiger charge is -2.42. The van der Waals surface area contributed by atoms with Crippen molar-refractivity contribution in [1.82, 2.24) is 0 Å². The van der Waals surface area contributed by atoms with Crippen molar-refractivity contribution < 1.29 is 51.5 Å². The molecule has 0 aliphatic heterocycles. The molecule has 0 spiro atoms. The summed E-state index contributed by atoms with van der Waals surface area (Å²) in [5.74, 6) is -5.97. The molecule has 4 rings (SSSR count). The van der Waals surface area contributed by atoms with Crippen molar-refractivity contribution in [3.05, 3.63) is 95.6 Å². The van der Waals surface area contributed by atoms with Crippen LogP contribution in [0.1, 0.15) is 0 Å². The Morgan fingerprint density at radius 1 is 0.583 bits per heavy atom. The van der Waals surface area contributed by atoms with Crippen LogP contribution in [0.15, 0.2) is 95.6 Å². The lowest BCUT2D eigenvalue weighted by Crippen LogP contribution is -2.39. The quantitative estimate of drug-likeness (QED) is 0.268. The minimum atomic E-state index is -6.16. The zero-order valence-electron chi connectivity index (χ0n) is 17.8. The van der Waals surface area contributed by atoms with Gasteiger partial charge in [0.2, 0.25) is 0 Å². The largest absolute Gasteiger partial charge is 0.534 e. The second kappa shape index (κ2) is 8.83. The van der Waals surface area contributed by atoms with Crippen LogP contribution in [-0.2, 0) is 28.6 Å². The Hall–Kier alpha value is -3.00. The molecule has 0 aromatic heterocycles. The summed E-state index contributed by atoms with van der Waals surface area (Å²) in [4.78, 5) is 0. The number of hydrogen-bond acceptors (Lipinski definition) is 6. The van der Waals surface area contributed by atoms with E-state index in [1.54, 1.807) is 24.3 Å². The molecular weight excluding hydrogens is 538 g/mol. The molecule has 36 heavy (non-hydrogen) atoms. The lowest BCUT2D eigenvalue weighted by atomic mass is 9.64. The minimum absolute atomic E-state index is 0.490. The molecule has 0 heterocycles. The SMILES string of the molecule is O=S(=O)(OC1=CC=C2C=CC=C[C@@H]2[C@@H]1[C@@H]1C(OS(=O)(=O)C(F)(F)F)=CC=C2C=CC=C[C@@H]21)C(F)(F)F. The van der Waals surface area contributed by atoms with Crippen LogP contribution in [0.5, 0.6) is 0 Å². The van der Waals surface area contributed by atoms with Crippen molar-refractivity contribution in [1.29, 1.82) is 0 Å². The van der Waals surface area contributed by atoms with Gasteiger partial charge in [-0.1, -0.05) is 60.8 Å². The number of halogens is 6. The molecule has 0 saturated heterocycles. The topological polar surface area (TPSA) is 86.7 Å². The van der Waals surface area contributed by atoms with Gasteiger partial charge < -0.3 is 8.37 Å². The first-order valence-corrected chi connectivity index (χ1v) is 13.0. The van der Waals surface area contributed by atoms with Crippen molar-refractivity contribution in [2.45, 2.75) is 11.0 Å². The number of allylic oxidation sites excluding steroid dienone is 16. The Morgan fingerprint density at radius 3 is 1.28 bits per heavy atom. The molecule has 0 unspecified atom stereocenters. The molecule has 4 atom stereocenters. The summed E-state index contributed by atoms with van der Waals surface area (Å²) >= 11 is 0. The number of alkyl halides is 6. The van der Waals surface area contributed by atoms with Crippen LogP contribution in [0.25, 0.3) is 0 Å². The summed E-state index contributed by atoms with van der Waals surface area (Å²) in [6.45, 7) is 0. The van der Waals surface area contributed by atoms with Crippen LogP contribution in [0.4, 0.5) is 26.3 Å². The number of fused-ring (bicyclic) bond motifs is 2. The highest BCUT2D eigenvalue weighted by Gasteiger charge is 2.54. The molecule has 4 aliphatic rings. The van der Waals surface area contributed by atoms with Crippen LogP contribution in [0, 0.1) is 23.7 Å². The molecule has 0 fully saturated rings. The van der Waals surface area contributed by atoms with Gasteiger partial charge in [0.15, 0.2) is 0 Å². The Morgan fingerprint density at radius 2 is 0.944 bits per heavy atom. The molecule has 0 amide bonds. The van der Waals surface area contributed by atoms with Crippen LogP contribution in [-0.4, -0.2) is 27.9 Å². The van der Waals surface area contributed by atoms with Gasteiger partial charge >= 0.3 is 31.3 Å². The maximum atomic E-state index is 13.1. The highest BCUT2D eigenvalue weighted by atomic mass is 32.2. The van der Waals surface area contributed by atoms with E-state index in [0.29, 0.717) is 11.1 Å². The third kappa shape index (κ3) is 4.71. The van der Waals surface area contributed by atoms with E-state index in [9.17, 15) is 43.2 Å². The fourth-order valence-corrected chi connectivity index (χ4v) is 5.41. The van der Waals surface area contributed by atoms with Crippen molar-refractivity contribution in [2.75, 3.05) is 0 Å². The summed E-state index contributed by atoms with van der Waals surface area (Å²) in [7, 11) is -12.3. The average molecular weight is 554 g/mol. The van der Waals surface area contributed by atoms with E-state index in [1.165, 1.54) is 36.5 Å². The Kier molecular flexibility index (Phi) is 6.40. The van der Waals surface area contributed by atoms with Crippen molar-refractivity contribution >= 4 is 20.2 Å². The summed E-state index contributed by atoms with van der Waals surface area (Å²) in [5.41, 5.74) is -10.6. The molecule has 14 heteroatoms. The molecular formula is C22H16F6O6S2. The first-order chi connectivity index (χ1) is 16.6. The average Bonchev–Trinajstić information content (AvgIpc) is 2.77. The fraction of sp³-hybridized carbons (Fsp3) is 0.273. The molecule has 0 radical (unpaired) electrons. The predicted molar refractivity (Wildman–Crippen MR) is 115 cm³/mol. The standard InChI is InChI=1S/C22H16F6O6S2/c23-21(24,25)35(29,30)33-17-11-9-13-5-1-3-7-15(13)19(17)20-16-8-4-2-6-14(16)10-12-18(20)34-36(31,32)22(26,27)28/h1-12,15-16,19-20H/t15-,16-,19-,20-/m0/s1. The summed E-state index contributed by atoms with van der Waals surface area (Å²) < 4.78 is 135. The van der Waals surface area contributed by atoms with Gasteiger partial charge in [0.25, 0.3) is 0 Å². The van der Waals surface area contributed by atoms with Crippen molar-refractivity contribution in [2.24, 2.45) is 23.7 Å². The second-order valence-corrected chi connectivity index (χ2v) is 11.1. The van der Waals surface area contributed by atoms with Gasteiger partial charge in [-0.3, -0.25) is 0 Å². The Balaban J connectivity index is 1.86. The zero-order valence-corrected chi connectivity index (χ0v) is 19.4. The minimum Gasteiger partial charge on any atom is -0.380 e. The van der Waals surface area contributed by atoms with E-state index in [4.69, 9.17) is 0 Å². The first-order valence-electron chi connectivity index (χ1n) is 10.2. The maximum absolute atomic E-state index is 13.1. The van der Waals surface area contributed by atoms with Gasteiger partial charge in [0.1, 0.15) is 11.5 Å². The number of rotatable bonds is 5. The predicted octanol–water partition coefficient (Wildman–Crippen LogP) is 5.08. The van der Waals surface area contributed by atoms with Gasteiger partial charge in [0.05, 0.1) is 0 Å². The molecule has 194 valence electrons. The highest BCUT2D eigenvalue weighted by Crippen LogP contribution is 2.51. The van der Waals surface area contributed by atoms with Crippen molar-refractivity contribution in [3.8, 4) is 0 Å². The Bertz CT molecular complexity index is 1300. The van der Waals surface area contributed by atoms with Crippen molar-refractivity contribution in [3.63, 3.8) is 0 Å². The second-order valence-electron chi connectivity index (χ2n) is 8.03. The molecule has 6 nitrogen and oxygen atoms in total. The van der Waals surface area contributed by atoms with E-state index >= 15 is 0 Å². The normalized spacial score (nSPS) is 27.8. The van der Waals surface area contributed by atoms with Crippen LogP contribution >= 0.6 is 0 Å². The first kappa shape index (κ1) is 26.1. The van der Waals surface area contributed by atoms with Gasteiger partial charge in [-0.2, -0.15) is 43.2 Å². The third-order valence-corrected chi connectivity index (χ3v) is 7.84. The molecule has 4 aliphatic carbocycles. The van der Waals surface area contributed by atoms with E-state index < -0.39 is 66.4 Å². The lowest BCUT2D eigenvalue weighted by molar-refractivity contribution is -0.0546. The molecule has 0 N–H and O–H groups in total. The van der Waals surface area contributed by atoms with Gasteiger partial charge in [-0.15, -0.1) is 0 Å². The van der Waals surface area contributed by atoms with Crippen LogP contribution in [0.3, 0.4) is 0 Å². The fourth-order valence-electron chi connectivity index (χ4n) is 4.38. The summed E-state index contributed by atoms with van der Waals surface area (Å²) in [6, 6.07) is 0. The monoisotopic (exact) mass is 554 g/mol. The van der Waals surface area contributed by atoms with Crippen LogP contribution in [0.2, 0.25) is 0 Å². The maximum Gasteiger partial charge on any atom is 0.534 e.